The molecule has 6 nitrogen and oxygen atoms in total. The smallest absolute Gasteiger partial charge is 0.257 e. The SMILES string of the molecule is O=C(c1ccccc1F)N(Cc1ccc(F)cc1)C[C@H]1CC(c2ccc3c(c2)OCO3)=NO1. The summed E-state index contributed by atoms with van der Waals surface area (Å²) in [5.41, 5.74) is 2.25. The normalized spacial score (nSPS) is 16.3. The molecule has 0 saturated heterocycles. The zero-order valence-electron chi connectivity index (χ0n) is 17.5. The van der Waals surface area contributed by atoms with E-state index in [9.17, 15) is 13.6 Å². The van der Waals surface area contributed by atoms with Gasteiger partial charge in [0.15, 0.2) is 17.6 Å². The van der Waals surface area contributed by atoms with E-state index in [1.807, 2.05) is 18.2 Å². The Morgan fingerprint density at radius 2 is 1.79 bits per heavy atom. The van der Waals surface area contributed by atoms with Crippen LogP contribution in [0.15, 0.2) is 71.9 Å². The van der Waals surface area contributed by atoms with E-state index in [-0.39, 0.29) is 31.3 Å². The van der Waals surface area contributed by atoms with Crippen LogP contribution in [0.4, 0.5) is 8.78 Å². The lowest BCUT2D eigenvalue weighted by molar-refractivity contribution is 0.0402. The third-order valence-electron chi connectivity index (χ3n) is 5.54. The highest BCUT2D eigenvalue weighted by atomic mass is 19.1. The second-order valence-corrected chi connectivity index (χ2v) is 7.83. The van der Waals surface area contributed by atoms with Crippen LogP contribution in [0, 0.1) is 11.6 Å². The lowest BCUT2D eigenvalue weighted by Crippen LogP contribution is -2.37. The van der Waals surface area contributed by atoms with E-state index in [1.54, 1.807) is 18.2 Å². The number of rotatable bonds is 6. The molecule has 3 aromatic rings. The van der Waals surface area contributed by atoms with Gasteiger partial charge in [-0.15, -0.1) is 0 Å². The van der Waals surface area contributed by atoms with Gasteiger partial charge in [-0.3, -0.25) is 4.79 Å². The summed E-state index contributed by atoms with van der Waals surface area (Å²) in [7, 11) is 0. The Balaban J connectivity index is 1.33. The van der Waals surface area contributed by atoms with Gasteiger partial charge >= 0.3 is 0 Å². The summed E-state index contributed by atoms with van der Waals surface area (Å²) >= 11 is 0. The van der Waals surface area contributed by atoms with Crippen molar-refractivity contribution < 1.29 is 27.9 Å². The molecule has 0 saturated carbocycles. The Hall–Kier alpha value is -3.94. The number of amides is 1. The standard InChI is InChI=1S/C25H20F2N2O4/c26-18-8-5-16(6-9-18)13-29(25(30)20-3-1-2-4-21(20)27)14-19-12-22(28-33-19)17-7-10-23-24(11-17)32-15-31-23/h1-11,19H,12-15H2/t19-/m1/s1. The summed E-state index contributed by atoms with van der Waals surface area (Å²) in [5.74, 6) is -0.123. The molecule has 168 valence electrons. The lowest BCUT2D eigenvalue weighted by atomic mass is 10.0. The van der Waals surface area contributed by atoms with Crippen LogP contribution < -0.4 is 9.47 Å². The van der Waals surface area contributed by atoms with Gasteiger partial charge < -0.3 is 19.2 Å². The lowest BCUT2D eigenvalue weighted by Gasteiger charge is -2.25. The Labute approximate surface area is 189 Å². The van der Waals surface area contributed by atoms with Crippen molar-refractivity contribution in [2.24, 2.45) is 5.16 Å². The molecular formula is C25H20F2N2O4. The second kappa shape index (κ2) is 8.90. The van der Waals surface area contributed by atoms with Crippen LogP contribution in [0.1, 0.15) is 27.9 Å². The van der Waals surface area contributed by atoms with E-state index in [1.165, 1.54) is 35.2 Å². The van der Waals surface area contributed by atoms with Crippen molar-refractivity contribution in [3.8, 4) is 11.5 Å². The van der Waals surface area contributed by atoms with Crippen LogP contribution >= 0.6 is 0 Å². The van der Waals surface area contributed by atoms with Gasteiger partial charge in [0.05, 0.1) is 17.8 Å². The largest absolute Gasteiger partial charge is 0.454 e. The van der Waals surface area contributed by atoms with Crippen LogP contribution in [0.25, 0.3) is 0 Å². The zero-order valence-corrected chi connectivity index (χ0v) is 17.5. The first-order chi connectivity index (χ1) is 16.1. The van der Waals surface area contributed by atoms with E-state index >= 15 is 0 Å². The number of hydrogen-bond acceptors (Lipinski definition) is 5. The van der Waals surface area contributed by atoms with Crippen LogP contribution in [-0.4, -0.2) is 36.0 Å². The zero-order chi connectivity index (χ0) is 22.8. The van der Waals surface area contributed by atoms with Crippen LogP contribution in [0.5, 0.6) is 11.5 Å². The van der Waals surface area contributed by atoms with Gasteiger partial charge in [0.2, 0.25) is 6.79 Å². The number of ether oxygens (including phenoxy) is 2. The molecule has 0 N–H and O–H groups in total. The number of fused-ring (bicyclic) bond motifs is 1. The maximum absolute atomic E-state index is 14.3. The van der Waals surface area contributed by atoms with Crippen LogP contribution in [0.3, 0.4) is 0 Å². The van der Waals surface area contributed by atoms with Gasteiger partial charge in [-0.1, -0.05) is 29.4 Å². The number of nitrogens with zero attached hydrogens (tertiary/aromatic N) is 2. The fraction of sp³-hybridized carbons (Fsp3) is 0.200. The quantitative estimate of drug-likeness (QED) is 0.554. The fourth-order valence-electron chi connectivity index (χ4n) is 3.85. The van der Waals surface area contributed by atoms with Gasteiger partial charge in [0.1, 0.15) is 11.6 Å². The minimum Gasteiger partial charge on any atom is -0.454 e. The Kier molecular flexibility index (Phi) is 5.64. The van der Waals surface area contributed by atoms with Crippen LogP contribution in [-0.2, 0) is 11.4 Å². The van der Waals surface area contributed by atoms with Crippen molar-refractivity contribution in [1.82, 2.24) is 4.90 Å². The highest BCUT2D eigenvalue weighted by molar-refractivity contribution is 6.02. The minimum absolute atomic E-state index is 0.0329. The number of hydrogen-bond donors (Lipinski definition) is 0. The van der Waals surface area contributed by atoms with Crippen molar-refractivity contribution in [1.29, 1.82) is 0 Å². The highest BCUT2D eigenvalue weighted by Gasteiger charge is 2.29. The summed E-state index contributed by atoms with van der Waals surface area (Å²) in [6, 6.07) is 17.2. The second-order valence-electron chi connectivity index (χ2n) is 7.83. The molecule has 0 aliphatic carbocycles. The van der Waals surface area contributed by atoms with E-state index in [0.29, 0.717) is 17.9 Å². The monoisotopic (exact) mass is 450 g/mol. The summed E-state index contributed by atoms with van der Waals surface area (Å²) in [4.78, 5) is 20.3. The van der Waals surface area contributed by atoms with Crippen molar-refractivity contribution in [3.63, 3.8) is 0 Å². The van der Waals surface area contributed by atoms with E-state index < -0.39 is 17.8 Å². The summed E-state index contributed by atoms with van der Waals surface area (Å²) in [6.45, 7) is 0.537. The topological polar surface area (TPSA) is 60.4 Å². The summed E-state index contributed by atoms with van der Waals surface area (Å²) in [5, 5.41) is 4.19. The van der Waals surface area contributed by atoms with Crippen LogP contribution in [0.2, 0.25) is 0 Å². The molecule has 3 aromatic carbocycles. The predicted octanol–water partition coefficient (Wildman–Crippen LogP) is 4.53. The number of carbonyl (C=O) groups is 1. The molecule has 33 heavy (non-hydrogen) atoms. The van der Waals surface area contributed by atoms with Crippen molar-refractivity contribution in [3.05, 3.63) is 95.1 Å². The van der Waals surface area contributed by atoms with Gasteiger partial charge in [-0.05, 0) is 48.0 Å². The molecule has 2 aliphatic rings. The molecule has 8 heteroatoms. The summed E-state index contributed by atoms with van der Waals surface area (Å²) < 4.78 is 38.4. The Bertz CT molecular complexity index is 1210. The van der Waals surface area contributed by atoms with Gasteiger partial charge in [0.25, 0.3) is 5.91 Å². The Morgan fingerprint density at radius 1 is 1.00 bits per heavy atom. The van der Waals surface area contributed by atoms with E-state index in [0.717, 1.165) is 16.8 Å². The molecule has 0 bridgehead atoms. The maximum atomic E-state index is 14.3. The fourth-order valence-corrected chi connectivity index (χ4v) is 3.85. The third kappa shape index (κ3) is 4.50. The summed E-state index contributed by atoms with van der Waals surface area (Å²) in [6.07, 6.45) is 0.0472. The molecule has 0 spiro atoms. The maximum Gasteiger partial charge on any atom is 0.257 e. The van der Waals surface area contributed by atoms with Crippen molar-refractivity contribution in [2.75, 3.05) is 13.3 Å². The van der Waals surface area contributed by atoms with E-state index in [2.05, 4.69) is 5.16 Å². The first-order valence-electron chi connectivity index (χ1n) is 10.5. The highest BCUT2D eigenvalue weighted by Crippen LogP contribution is 2.33. The molecule has 0 aromatic heterocycles. The van der Waals surface area contributed by atoms with Crippen molar-refractivity contribution >= 4 is 11.6 Å². The first-order valence-corrected chi connectivity index (χ1v) is 10.5. The number of oxime groups is 1. The average molecular weight is 450 g/mol. The molecule has 0 unspecified atom stereocenters. The van der Waals surface area contributed by atoms with E-state index in [4.69, 9.17) is 14.3 Å². The predicted molar refractivity (Wildman–Crippen MR) is 116 cm³/mol. The minimum atomic E-state index is -0.601. The average Bonchev–Trinajstić information content (AvgIpc) is 3.49. The van der Waals surface area contributed by atoms with Gasteiger partial charge in [-0.25, -0.2) is 8.78 Å². The molecule has 0 fully saturated rings. The molecule has 5 rings (SSSR count). The molecule has 2 aliphatic heterocycles. The number of benzene rings is 3. The number of halogens is 2. The first kappa shape index (κ1) is 20.9. The Morgan fingerprint density at radius 3 is 2.61 bits per heavy atom. The third-order valence-corrected chi connectivity index (χ3v) is 5.54. The number of carbonyl (C=O) groups excluding carboxylic acids is 1. The molecule has 2 heterocycles. The van der Waals surface area contributed by atoms with Gasteiger partial charge in [-0.2, -0.15) is 0 Å². The molecular weight excluding hydrogens is 430 g/mol. The molecule has 1 amide bonds. The molecule has 0 radical (unpaired) electrons. The van der Waals surface area contributed by atoms with Gasteiger partial charge in [0, 0.05) is 18.5 Å². The van der Waals surface area contributed by atoms with Crippen molar-refractivity contribution in [2.45, 2.75) is 19.1 Å². The molecule has 1 atom stereocenters.